The van der Waals surface area contributed by atoms with Gasteiger partial charge < -0.3 is 10.6 Å². The van der Waals surface area contributed by atoms with E-state index in [9.17, 15) is 4.79 Å². The highest BCUT2D eigenvalue weighted by Crippen LogP contribution is 2.42. The maximum absolute atomic E-state index is 11.4. The molecule has 0 aromatic rings. The first-order valence-corrected chi connectivity index (χ1v) is 6.99. The average Bonchev–Trinajstić information content (AvgIpc) is 2.99. The van der Waals surface area contributed by atoms with Gasteiger partial charge in [0.15, 0.2) is 0 Å². The van der Waals surface area contributed by atoms with Crippen LogP contribution in [0.4, 0.5) is 0 Å². The van der Waals surface area contributed by atoms with Crippen LogP contribution in [0.3, 0.4) is 0 Å². The van der Waals surface area contributed by atoms with Gasteiger partial charge >= 0.3 is 0 Å². The molecular weight excluding hydrogens is 212 g/mol. The fraction of sp³-hybridized carbons (Fsp3) is 0.786. The molecule has 94 valence electrons. The van der Waals surface area contributed by atoms with Crippen LogP contribution in [0, 0.1) is 23.7 Å². The van der Waals surface area contributed by atoms with Gasteiger partial charge in [-0.25, -0.2) is 0 Å². The maximum atomic E-state index is 11.4. The molecule has 3 unspecified atom stereocenters. The molecule has 0 radical (unpaired) electrons. The Morgan fingerprint density at radius 3 is 2.71 bits per heavy atom. The third kappa shape index (κ3) is 2.71. The largest absolute Gasteiger partial charge is 0.355 e. The molecule has 2 N–H and O–H groups in total. The predicted molar refractivity (Wildman–Crippen MR) is 67.4 cm³/mol. The number of carbonyl (C=O) groups is 1. The van der Waals surface area contributed by atoms with E-state index in [4.69, 9.17) is 0 Å². The first-order valence-electron chi connectivity index (χ1n) is 6.99. The molecule has 0 heterocycles. The highest BCUT2D eigenvalue weighted by Gasteiger charge is 2.35. The molecule has 3 rings (SSSR count). The van der Waals surface area contributed by atoms with Crippen LogP contribution in [0.1, 0.15) is 25.7 Å². The minimum absolute atomic E-state index is 0.259. The van der Waals surface area contributed by atoms with E-state index in [1.165, 1.54) is 12.8 Å². The molecule has 2 bridgehead atoms. The summed E-state index contributed by atoms with van der Waals surface area (Å²) < 4.78 is 0. The van der Waals surface area contributed by atoms with Crippen molar-refractivity contribution in [2.45, 2.75) is 25.7 Å². The lowest BCUT2D eigenvalue weighted by Gasteiger charge is -2.18. The van der Waals surface area contributed by atoms with Crippen molar-refractivity contribution >= 4 is 5.91 Å². The lowest BCUT2D eigenvalue weighted by molar-refractivity contribution is -0.122. The van der Waals surface area contributed by atoms with Gasteiger partial charge in [-0.2, -0.15) is 0 Å². The van der Waals surface area contributed by atoms with Crippen molar-refractivity contribution in [3.8, 4) is 0 Å². The minimum atomic E-state index is 0.259. The quantitative estimate of drug-likeness (QED) is 0.537. The molecule has 1 amide bonds. The third-order valence-electron chi connectivity index (χ3n) is 4.37. The van der Waals surface area contributed by atoms with Crippen LogP contribution in [0.5, 0.6) is 0 Å². The second-order valence-electron chi connectivity index (χ2n) is 5.81. The Bertz CT molecular complexity index is 322. The number of fused-ring (bicyclic) bond motifs is 2. The number of nitrogens with one attached hydrogen (secondary N) is 2. The third-order valence-corrected chi connectivity index (χ3v) is 4.37. The Balaban J connectivity index is 1.26. The van der Waals surface area contributed by atoms with Crippen molar-refractivity contribution in [2.75, 3.05) is 19.6 Å². The summed E-state index contributed by atoms with van der Waals surface area (Å²) >= 11 is 0. The van der Waals surface area contributed by atoms with Gasteiger partial charge in [-0.05, 0) is 50.0 Å². The molecule has 3 nitrogen and oxygen atoms in total. The smallest absolute Gasteiger partial charge is 0.223 e. The van der Waals surface area contributed by atoms with Crippen molar-refractivity contribution in [2.24, 2.45) is 23.7 Å². The van der Waals surface area contributed by atoms with Crippen LogP contribution in [0.15, 0.2) is 12.2 Å². The molecular formula is C14H22N2O. The highest BCUT2D eigenvalue weighted by atomic mass is 16.2. The van der Waals surface area contributed by atoms with Gasteiger partial charge in [-0.3, -0.25) is 4.79 Å². The second-order valence-corrected chi connectivity index (χ2v) is 5.81. The number of rotatable bonds is 6. The van der Waals surface area contributed by atoms with E-state index in [1.54, 1.807) is 0 Å². The van der Waals surface area contributed by atoms with Crippen molar-refractivity contribution in [3.63, 3.8) is 0 Å². The normalized spacial score (nSPS) is 34.2. The fourth-order valence-electron chi connectivity index (χ4n) is 3.18. The van der Waals surface area contributed by atoms with Crippen molar-refractivity contribution < 1.29 is 4.79 Å². The van der Waals surface area contributed by atoms with E-state index in [0.717, 1.165) is 50.2 Å². The van der Waals surface area contributed by atoms with Crippen LogP contribution in [-0.2, 0) is 4.79 Å². The van der Waals surface area contributed by atoms with Crippen LogP contribution >= 0.6 is 0 Å². The molecule has 2 saturated carbocycles. The Labute approximate surface area is 103 Å². The molecule has 17 heavy (non-hydrogen) atoms. The van der Waals surface area contributed by atoms with Crippen LogP contribution in [0.25, 0.3) is 0 Å². The molecule has 0 aliphatic heterocycles. The Kier molecular flexibility index (Phi) is 3.19. The molecule has 3 heteroatoms. The monoisotopic (exact) mass is 234 g/mol. The molecule has 3 aliphatic rings. The summed E-state index contributed by atoms with van der Waals surface area (Å²) in [7, 11) is 0. The lowest BCUT2D eigenvalue weighted by Crippen LogP contribution is -2.35. The topological polar surface area (TPSA) is 41.1 Å². The van der Waals surface area contributed by atoms with E-state index in [-0.39, 0.29) is 5.91 Å². The van der Waals surface area contributed by atoms with Gasteiger partial charge in [0.25, 0.3) is 0 Å². The Morgan fingerprint density at radius 1 is 1.18 bits per heavy atom. The van der Waals surface area contributed by atoms with Crippen LogP contribution in [-0.4, -0.2) is 25.5 Å². The van der Waals surface area contributed by atoms with E-state index < -0.39 is 0 Å². The summed E-state index contributed by atoms with van der Waals surface area (Å²) in [6, 6.07) is 0. The zero-order valence-corrected chi connectivity index (χ0v) is 10.3. The summed E-state index contributed by atoms with van der Waals surface area (Å²) in [6.45, 7) is 2.81. The van der Waals surface area contributed by atoms with Crippen molar-refractivity contribution in [3.05, 3.63) is 12.2 Å². The molecule has 0 spiro atoms. The fourth-order valence-corrected chi connectivity index (χ4v) is 3.18. The molecule has 2 fully saturated rings. The highest BCUT2D eigenvalue weighted by molar-refractivity contribution is 5.80. The van der Waals surface area contributed by atoms with Crippen molar-refractivity contribution in [1.29, 1.82) is 0 Å². The SMILES string of the molecule is O=C(NCCNCC1CC2C=CC1C2)C1CC1. The average molecular weight is 234 g/mol. The minimum Gasteiger partial charge on any atom is -0.355 e. The number of amides is 1. The summed E-state index contributed by atoms with van der Waals surface area (Å²) in [5.41, 5.74) is 0. The van der Waals surface area contributed by atoms with E-state index >= 15 is 0 Å². The zero-order chi connectivity index (χ0) is 11.7. The van der Waals surface area contributed by atoms with Crippen LogP contribution in [0.2, 0.25) is 0 Å². The lowest BCUT2D eigenvalue weighted by atomic mass is 9.94. The number of allylic oxidation sites excluding steroid dienone is 2. The van der Waals surface area contributed by atoms with Gasteiger partial charge in [0.05, 0.1) is 0 Å². The first-order chi connectivity index (χ1) is 8.33. The standard InChI is InChI=1S/C14H22N2O/c17-14(11-3-4-11)16-6-5-15-9-13-8-10-1-2-12(13)7-10/h1-2,10-13,15H,3-9H2,(H,16,17). The van der Waals surface area contributed by atoms with Crippen LogP contribution < -0.4 is 10.6 Å². The van der Waals surface area contributed by atoms with E-state index in [2.05, 4.69) is 22.8 Å². The van der Waals surface area contributed by atoms with E-state index in [1.807, 2.05) is 0 Å². The molecule has 0 aromatic heterocycles. The number of hydrogen-bond acceptors (Lipinski definition) is 2. The summed E-state index contributed by atoms with van der Waals surface area (Å²) in [6.07, 6.45) is 9.72. The summed E-state index contributed by atoms with van der Waals surface area (Å²) in [5, 5.41) is 6.47. The van der Waals surface area contributed by atoms with E-state index in [0.29, 0.717) is 5.92 Å². The van der Waals surface area contributed by atoms with Gasteiger partial charge in [0.1, 0.15) is 0 Å². The number of hydrogen-bond donors (Lipinski definition) is 2. The molecule has 0 saturated heterocycles. The second kappa shape index (κ2) is 4.81. The Morgan fingerprint density at radius 2 is 2.06 bits per heavy atom. The van der Waals surface area contributed by atoms with Gasteiger partial charge in [0, 0.05) is 19.0 Å². The molecule has 3 atom stereocenters. The zero-order valence-electron chi connectivity index (χ0n) is 10.3. The van der Waals surface area contributed by atoms with Gasteiger partial charge in [0.2, 0.25) is 5.91 Å². The molecule has 3 aliphatic carbocycles. The van der Waals surface area contributed by atoms with Gasteiger partial charge in [-0.15, -0.1) is 0 Å². The summed E-state index contributed by atoms with van der Waals surface area (Å²) in [5.74, 6) is 3.12. The summed E-state index contributed by atoms with van der Waals surface area (Å²) in [4.78, 5) is 11.4. The maximum Gasteiger partial charge on any atom is 0.223 e. The van der Waals surface area contributed by atoms with Gasteiger partial charge in [-0.1, -0.05) is 12.2 Å². The van der Waals surface area contributed by atoms with Crippen molar-refractivity contribution in [1.82, 2.24) is 10.6 Å². The molecule has 0 aromatic carbocycles. The number of carbonyl (C=O) groups excluding carboxylic acids is 1. The first kappa shape index (κ1) is 11.3. The Hall–Kier alpha value is -0.830. The predicted octanol–water partition coefficient (Wildman–Crippen LogP) is 1.31.